The molecule has 0 bridgehead atoms. The first-order valence-electron chi connectivity index (χ1n) is 7.68. The van der Waals surface area contributed by atoms with Gasteiger partial charge in [0.1, 0.15) is 0 Å². The number of nitrogens with one attached hydrogen (secondary N) is 2. The maximum Gasteiger partial charge on any atom is 0.433 e. The van der Waals surface area contributed by atoms with Gasteiger partial charge in [-0.15, -0.1) is 0 Å². The topological polar surface area (TPSA) is 61.0 Å². The molecule has 1 aromatic carbocycles. The van der Waals surface area contributed by atoms with E-state index < -0.39 is 17.4 Å². The van der Waals surface area contributed by atoms with Crippen molar-refractivity contribution in [3.8, 4) is 0 Å². The summed E-state index contributed by atoms with van der Waals surface area (Å²) in [5.74, 6) is -0.196. The van der Waals surface area contributed by atoms with Crippen molar-refractivity contribution in [2.45, 2.75) is 25.6 Å². The third-order valence-electron chi connectivity index (χ3n) is 3.90. The molecule has 1 saturated heterocycles. The number of halogens is 3. The molecule has 8 heteroatoms. The Morgan fingerprint density at radius 1 is 1.17 bits per heavy atom. The van der Waals surface area contributed by atoms with Crippen LogP contribution < -0.4 is 15.8 Å². The molecule has 0 atom stereocenters. The lowest BCUT2D eigenvalue weighted by Gasteiger charge is -2.17. The van der Waals surface area contributed by atoms with Crippen LogP contribution in [0.1, 0.15) is 24.1 Å². The smallest absolute Gasteiger partial charge is 0.372 e. The third-order valence-corrected chi connectivity index (χ3v) is 3.90. The summed E-state index contributed by atoms with van der Waals surface area (Å²) in [4.78, 5) is 19.3. The van der Waals surface area contributed by atoms with Crippen molar-refractivity contribution in [2.24, 2.45) is 0 Å². The molecule has 0 amide bonds. The van der Waals surface area contributed by atoms with E-state index in [4.69, 9.17) is 0 Å². The minimum Gasteiger partial charge on any atom is -0.372 e. The molecule has 2 heterocycles. The van der Waals surface area contributed by atoms with Crippen molar-refractivity contribution >= 4 is 11.6 Å². The van der Waals surface area contributed by atoms with Gasteiger partial charge in [-0.05, 0) is 30.5 Å². The van der Waals surface area contributed by atoms with E-state index in [0.717, 1.165) is 24.3 Å². The zero-order valence-electron chi connectivity index (χ0n) is 12.9. The first-order chi connectivity index (χ1) is 11.4. The number of nitrogens with zero attached hydrogens (tertiary/aromatic N) is 2. The van der Waals surface area contributed by atoms with E-state index in [9.17, 15) is 18.0 Å². The molecule has 0 aliphatic carbocycles. The molecule has 0 unspecified atom stereocenters. The molecular formula is C16H17F3N4O. The van der Waals surface area contributed by atoms with Gasteiger partial charge in [-0.25, -0.2) is 4.98 Å². The summed E-state index contributed by atoms with van der Waals surface area (Å²) in [5, 5.41) is 2.72. The van der Waals surface area contributed by atoms with Gasteiger partial charge in [0, 0.05) is 31.4 Å². The van der Waals surface area contributed by atoms with E-state index in [2.05, 4.69) is 20.2 Å². The molecule has 1 aromatic heterocycles. The quantitative estimate of drug-likeness (QED) is 0.900. The van der Waals surface area contributed by atoms with Gasteiger partial charge in [-0.2, -0.15) is 13.2 Å². The lowest BCUT2D eigenvalue weighted by atomic mass is 10.2. The monoisotopic (exact) mass is 338 g/mol. The Morgan fingerprint density at radius 2 is 1.83 bits per heavy atom. The van der Waals surface area contributed by atoms with Crippen LogP contribution in [0.5, 0.6) is 0 Å². The molecule has 24 heavy (non-hydrogen) atoms. The van der Waals surface area contributed by atoms with Crippen molar-refractivity contribution in [3.05, 3.63) is 51.9 Å². The summed E-state index contributed by atoms with van der Waals surface area (Å²) >= 11 is 0. The molecule has 1 aliphatic rings. The van der Waals surface area contributed by atoms with E-state index in [1.54, 1.807) is 0 Å². The molecule has 0 radical (unpaired) electrons. The third kappa shape index (κ3) is 3.87. The van der Waals surface area contributed by atoms with Crippen LogP contribution in [0.15, 0.2) is 35.1 Å². The van der Waals surface area contributed by atoms with Crippen LogP contribution in [0, 0.1) is 0 Å². The summed E-state index contributed by atoms with van der Waals surface area (Å²) < 4.78 is 38.0. The Kier molecular flexibility index (Phi) is 4.46. The molecule has 2 aromatic rings. The largest absolute Gasteiger partial charge is 0.433 e. The van der Waals surface area contributed by atoms with Gasteiger partial charge in [0.05, 0.1) is 0 Å². The number of anilines is 2. The van der Waals surface area contributed by atoms with Crippen LogP contribution in [-0.2, 0) is 12.7 Å². The molecule has 128 valence electrons. The first-order valence-corrected chi connectivity index (χ1v) is 7.68. The highest BCUT2D eigenvalue weighted by Crippen LogP contribution is 2.27. The maximum absolute atomic E-state index is 12.7. The van der Waals surface area contributed by atoms with Crippen LogP contribution in [0.3, 0.4) is 0 Å². The standard InChI is InChI=1S/C16H17F3N4O/c17-16(18,19)13-9-14(24)22-15(21-13)20-10-11-3-5-12(6-4-11)23-7-1-2-8-23/h3-6,9H,1-2,7-8,10H2,(H2,20,21,22,24). The molecule has 2 N–H and O–H groups in total. The van der Waals surface area contributed by atoms with Gasteiger partial charge in [0.25, 0.3) is 5.56 Å². The Balaban J connectivity index is 1.67. The van der Waals surface area contributed by atoms with Crippen LogP contribution in [-0.4, -0.2) is 23.1 Å². The molecule has 3 rings (SSSR count). The zero-order chi connectivity index (χ0) is 17.2. The Morgan fingerprint density at radius 3 is 2.46 bits per heavy atom. The summed E-state index contributed by atoms with van der Waals surface area (Å²) in [7, 11) is 0. The SMILES string of the molecule is O=c1cc(C(F)(F)F)nc(NCc2ccc(N3CCCC3)cc2)[nH]1. The first kappa shape index (κ1) is 16.4. The van der Waals surface area contributed by atoms with Gasteiger partial charge in [0.15, 0.2) is 5.69 Å². The maximum atomic E-state index is 12.7. The van der Waals surface area contributed by atoms with Crippen molar-refractivity contribution in [1.82, 2.24) is 9.97 Å². The second-order valence-corrected chi connectivity index (χ2v) is 5.69. The fourth-order valence-corrected chi connectivity index (χ4v) is 2.67. The van der Waals surface area contributed by atoms with Gasteiger partial charge < -0.3 is 10.2 Å². The number of aromatic amines is 1. The average molecular weight is 338 g/mol. The molecular weight excluding hydrogens is 321 g/mol. The fraction of sp³-hybridized carbons (Fsp3) is 0.375. The number of hydrogen-bond donors (Lipinski definition) is 2. The number of rotatable bonds is 4. The van der Waals surface area contributed by atoms with Crippen molar-refractivity contribution in [3.63, 3.8) is 0 Å². The second-order valence-electron chi connectivity index (χ2n) is 5.69. The van der Waals surface area contributed by atoms with Gasteiger partial charge in [0.2, 0.25) is 5.95 Å². The van der Waals surface area contributed by atoms with E-state index in [1.165, 1.54) is 12.8 Å². The van der Waals surface area contributed by atoms with Crippen LogP contribution >= 0.6 is 0 Å². The van der Waals surface area contributed by atoms with E-state index >= 15 is 0 Å². The molecule has 1 fully saturated rings. The van der Waals surface area contributed by atoms with E-state index in [-0.39, 0.29) is 12.5 Å². The Labute approximate surface area is 136 Å². The van der Waals surface area contributed by atoms with Gasteiger partial charge in [-0.3, -0.25) is 9.78 Å². The lowest BCUT2D eigenvalue weighted by Crippen LogP contribution is -2.19. The summed E-state index contributed by atoms with van der Waals surface area (Å²) in [6.45, 7) is 2.37. The average Bonchev–Trinajstić information content (AvgIpc) is 3.06. The van der Waals surface area contributed by atoms with Crippen molar-refractivity contribution in [2.75, 3.05) is 23.3 Å². The van der Waals surface area contributed by atoms with Gasteiger partial charge in [-0.1, -0.05) is 12.1 Å². The zero-order valence-corrected chi connectivity index (χ0v) is 12.9. The van der Waals surface area contributed by atoms with Crippen LogP contribution in [0.2, 0.25) is 0 Å². The van der Waals surface area contributed by atoms with Gasteiger partial charge >= 0.3 is 6.18 Å². The molecule has 1 aliphatic heterocycles. The Bertz CT molecular complexity index is 749. The normalized spacial score (nSPS) is 14.9. The predicted octanol–water partition coefficient (Wildman–Crippen LogP) is 3.00. The van der Waals surface area contributed by atoms with E-state index in [0.29, 0.717) is 6.07 Å². The van der Waals surface area contributed by atoms with Crippen molar-refractivity contribution in [1.29, 1.82) is 0 Å². The fourth-order valence-electron chi connectivity index (χ4n) is 2.67. The summed E-state index contributed by atoms with van der Waals surface area (Å²) in [6, 6.07) is 8.24. The minimum absolute atomic E-state index is 0.196. The highest BCUT2D eigenvalue weighted by atomic mass is 19.4. The van der Waals surface area contributed by atoms with Crippen LogP contribution in [0.25, 0.3) is 0 Å². The number of benzene rings is 1. The molecule has 0 spiro atoms. The summed E-state index contributed by atoms with van der Waals surface area (Å²) in [6.07, 6.45) is -2.27. The lowest BCUT2D eigenvalue weighted by molar-refractivity contribution is -0.141. The van der Waals surface area contributed by atoms with Crippen molar-refractivity contribution < 1.29 is 13.2 Å². The number of H-pyrrole nitrogens is 1. The second kappa shape index (κ2) is 6.54. The summed E-state index contributed by atoms with van der Waals surface area (Å²) in [5.41, 5.74) is -0.0257. The highest BCUT2D eigenvalue weighted by molar-refractivity contribution is 5.48. The number of hydrogen-bond acceptors (Lipinski definition) is 4. The highest BCUT2D eigenvalue weighted by Gasteiger charge is 2.33. The number of alkyl halides is 3. The molecule has 0 saturated carbocycles. The molecule has 5 nitrogen and oxygen atoms in total. The minimum atomic E-state index is -4.65. The predicted molar refractivity (Wildman–Crippen MR) is 85.1 cm³/mol. The van der Waals surface area contributed by atoms with E-state index in [1.807, 2.05) is 24.3 Å². The Hall–Kier alpha value is -2.51. The number of aromatic nitrogens is 2. The van der Waals surface area contributed by atoms with Crippen LogP contribution in [0.4, 0.5) is 24.8 Å².